The highest BCUT2D eigenvalue weighted by Gasteiger charge is 2.36. The van der Waals surface area contributed by atoms with E-state index in [2.05, 4.69) is 0 Å². The fourth-order valence-electron chi connectivity index (χ4n) is 3.91. The summed E-state index contributed by atoms with van der Waals surface area (Å²) >= 11 is 0. The van der Waals surface area contributed by atoms with Gasteiger partial charge in [0.2, 0.25) is 12.7 Å². The van der Waals surface area contributed by atoms with Crippen molar-refractivity contribution in [3.8, 4) is 11.5 Å². The fraction of sp³-hybridized carbons (Fsp3) is 0.556. The number of hydrogen-bond donors (Lipinski definition) is 1. The molecule has 0 unspecified atom stereocenters. The zero-order chi connectivity index (χ0) is 17.4. The molecule has 0 saturated carbocycles. The zero-order valence-electron chi connectivity index (χ0n) is 14.0. The van der Waals surface area contributed by atoms with E-state index < -0.39 is 6.10 Å². The molecule has 1 aromatic rings. The number of hydrogen-bond acceptors (Lipinski definition) is 5. The van der Waals surface area contributed by atoms with Crippen molar-refractivity contribution in [3.05, 3.63) is 23.8 Å². The third kappa shape index (κ3) is 3.16. The second kappa shape index (κ2) is 6.55. The number of carbonyl (C=O) groups is 2. The van der Waals surface area contributed by atoms with E-state index in [0.717, 1.165) is 19.3 Å². The molecule has 3 aliphatic heterocycles. The van der Waals surface area contributed by atoms with Crippen LogP contribution in [0.2, 0.25) is 0 Å². The number of fused-ring (bicyclic) bond motifs is 1. The number of primary amides is 1. The van der Waals surface area contributed by atoms with Gasteiger partial charge >= 0.3 is 0 Å². The zero-order valence-corrected chi connectivity index (χ0v) is 14.0. The predicted molar refractivity (Wildman–Crippen MR) is 88.3 cm³/mol. The van der Waals surface area contributed by atoms with Crippen molar-refractivity contribution in [2.24, 2.45) is 11.7 Å². The lowest BCUT2D eigenvalue weighted by Crippen LogP contribution is -2.41. The first-order chi connectivity index (χ1) is 12.1. The predicted octanol–water partition coefficient (Wildman–Crippen LogP) is 1.30. The Morgan fingerprint density at radius 2 is 1.80 bits per heavy atom. The molecule has 1 aromatic carbocycles. The van der Waals surface area contributed by atoms with Crippen molar-refractivity contribution in [1.29, 1.82) is 0 Å². The van der Waals surface area contributed by atoms with Gasteiger partial charge in [-0.3, -0.25) is 9.59 Å². The number of carbonyl (C=O) groups excluding carboxylic acids is 2. The Hall–Kier alpha value is -2.28. The van der Waals surface area contributed by atoms with Crippen LogP contribution < -0.4 is 15.2 Å². The first-order valence-corrected chi connectivity index (χ1v) is 8.75. The molecule has 2 saturated heterocycles. The standard InChI is InChI=1S/C18H22N2O5/c19-17(21)15-4-3-13(25-15)11-5-7-20(8-6-11)18(22)12-1-2-14-16(9-12)24-10-23-14/h1-2,9,11,13,15H,3-8,10H2,(H2,19,21)/t13-,15+/m0/s1. The summed E-state index contributed by atoms with van der Waals surface area (Å²) in [7, 11) is 0. The molecular formula is C18H22N2O5. The number of piperidine rings is 1. The summed E-state index contributed by atoms with van der Waals surface area (Å²) in [4.78, 5) is 25.8. The van der Waals surface area contributed by atoms with Crippen molar-refractivity contribution in [2.75, 3.05) is 19.9 Å². The molecule has 134 valence electrons. The van der Waals surface area contributed by atoms with Crippen LogP contribution in [0.25, 0.3) is 0 Å². The molecule has 0 aromatic heterocycles. The van der Waals surface area contributed by atoms with Crippen molar-refractivity contribution in [2.45, 2.75) is 37.9 Å². The molecule has 3 heterocycles. The minimum Gasteiger partial charge on any atom is -0.454 e. The molecule has 4 rings (SSSR count). The minimum atomic E-state index is -0.446. The number of nitrogens with zero attached hydrogens (tertiary/aromatic N) is 1. The lowest BCUT2D eigenvalue weighted by Gasteiger charge is -2.34. The van der Waals surface area contributed by atoms with Crippen LogP contribution in [0.1, 0.15) is 36.0 Å². The van der Waals surface area contributed by atoms with Gasteiger partial charge in [-0.15, -0.1) is 0 Å². The molecule has 2 fully saturated rings. The molecule has 0 bridgehead atoms. The average Bonchev–Trinajstić information content (AvgIpc) is 3.30. The van der Waals surface area contributed by atoms with Crippen molar-refractivity contribution >= 4 is 11.8 Å². The van der Waals surface area contributed by atoms with E-state index >= 15 is 0 Å². The molecule has 7 heteroatoms. The molecule has 2 amide bonds. The normalized spacial score (nSPS) is 26.0. The number of rotatable bonds is 3. The molecule has 0 aliphatic carbocycles. The van der Waals surface area contributed by atoms with E-state index in [1.165, 1.54) is 0 Å². The third-order valence-electron chi connectivity index (χ3n) is 5.34. The van der Waals surface area contributed by atoms with E-state index in [0.29, 0.717) is 42.5 Å². The third-order valence-corrected chi connectivity index (χ3v) is 5.34. The molecule has 0 spiro atoms. The van der Waals surface area contributed by atoms with Crippen LogP contribution in [-0.4, -0.2) is 48.8 Å². The Balaban J connectivity index is 1.34. The summed E-state index contributed by atoms with van der Waals surface area (Å²) in [5, 5.41) is 0. The Labute approximate surface area is 146 Å². The first kappa shape index (κ1) is 16.2. The van der Waals surface area contributed by atoms with Crippen LogP contribution in [-0.2, 0) is 9.53 Å². The Morgan fingerprint density at radius 3 is 2.52 bits per heavy atom. The summed E-state index contributed by atoms with van der Waals surface area (Å²) in [5.41, 5.74) is 5.94. The van der Waals surface area contributed by atoms with Crippen LogP contribution in [0.5, 0.6) is 11.5 Å². The van der Waals surface area contributed by atoms with E-state index in [4.69, 9.17) is 19.9 Å². The lowest BCUT2D eigenvalue weighted by atomic mass is 9.89. The second-order valence-corrected chi connectivity index (χ2v) is 6.84. The molecule has 7 nitrogen and oxygen atoms in total. The smallest absolute Gasteiger partial charge is 0.253 e. The highest BCUT2D eigenvalue weighted by molar-refractivity contribution is 5.95. The maximum absolute atomic E-state index is 12.7. The van der Waals surface area contributed by atoms with E-state index in [9.17, 15) is 9.59 Å². The summed E-state index contributed by atoms with van der Waals surface area (Å²) < 4.78 is 16.4. The summed E-state index contributed by atoms with van der Waals surface area (Å²) in [6.45, 7) is 1.59. The van der Waals surface area contributed by atoms with Crippen molar-refractivity contribution in [3.63, 3.8) is 0 Å². The van der Waals surface area contributed by atoms with Crippen molar-refractivity contribution < 1.29 is 23.8 Å². The van der Waals surface area contributed by atoms with Crippen LogP contribution >= 0.6 is 0 Å². The molecule has 0 radical (unpaired) electrons. The van der Waals surface area contributed by atoms with E-state index in [1.807, 2.05) is 4.90 Å². The van der Waals surface area contributed by atoms with Gasteiger partial charge in [0.05, 0.1) is 6.10 Å². The lowest BCUT2D eigenvalue weighted by molar-refractivity contribution is -0.130. The average molecular weight is 346 g/mol. The molecule has 3 aliphatic rings. The van der Waals surface area contributed by atoms with Gasteiger partial charge in [0, 0.05) is 18.7 Å². The minimum absolute atomic E-state index is 0.0131. The van der Waals surface area contributed by atoms with Gasteiger partial charge in [-0.05, 0) is 49.8 Å². The SMILES string of the molecule is NC(=O)[C@H]1CC[C@@H](C2CCN(C(=O)c3ccc4c(c3)OCO4)CC2)O1. The number of benzene rings is 1. The maximum Gasteiger partial charge on any atom is 0.253 e. The monoisotopic (exact) mass is 346 g/mol. The van der Waals surface area contributed by atoms with E-state index in [1.54, 1.807) is 18.2 Å². The molecular weight excluding hydrogens is 324 g/mol. The topological polar surface area (TPSA) is 91.1 Å². The highest BCUT2D eigenvalue weighted by Crippen LogP contribution is 2.34. The summed E-state index contributed by atoms with van der Waals surface area (Å²) in [5.74, 6) is 1.32. The fourth-order valence-corrected chi connectivity index (χ4v) is 3.91. The van der Waals surface area contributed by atoms with Gasteiger partial charge in [-0.1, -0.05) is 0 Å². The van der Waals surface area contributed by atoms with Crippen LogP contribution in [0.3, 0.4) is 0 Å². The number of likely N-dealkylation sites (tertiary alicyclic amines) is 1. The highest BCUT2D eigenvalue weighted by atomic mass is 16.7. The Kier molecular flexibility index (Phi) is 4.25. The maximum atomic E-state index is 12.7. The second-order valence-electron chi connectivity index (χ2n) is 6.84. The van der Waals surface area contributed by atoms with E-state index in [-0.39, 0.29) is 24.7 Å². The van der Waals surface area contributed by atoms with Gasteiger partial charge < -0.3 is 24.8 Å². The quantitative estimate of drug-likeness (QED) is 0.891. The summed E-state index contributed by atoms with van der Waals surface area (Å²) in [6, 6.07) is 5.30. The molecule has 2 N–H and O–H groups in total. The Morgan fingerprint density at radius 1 is 1.04 bits per heavy atom. The van der Waals surface area contributed by atoms with Crippen LogP contribution in [0.4, 0.5) is 0 Å². The van der Waals surface area contributed by atoms with Gasteiger partial charge in [0.1, 0.15) is 6.10 Å². The number of nitrogens with two attached hydrogens (primary N) is 1. The summed E-state index contributed by atoms with van der Waals surface area (Å²) in [6.07, 6.45) is 2.97. The first-order valence-electron chi connectivity index (χ1n) is 8.75. The molecule has 2 atom stereocenters. The van der Waals surface area contributed by atoms with Crippen LogP contribution in [0.15, 0.2) is 18.2 Å². The van der Waals surface area contributed by atoms with Crippen molar-refractivity contribution in [1.82, 2.24) is 4.90 Å². The van der Waals surface area contributed by atoms with Gasteiger partial charge in [-0.25, -0.2) is 0 Å². The number of amides is 2. The van der Waals surface area contributed by atoms with Crippen LogP contribution in [0, 0.1) is 5.92 Å². The number of ether oxygens (including phenoxy) is 3. The molecule has 25 heavy (non-hydrogen) atoms. The van der Waals surface area contributed by atoms with Gasteiger partial charge in [-0.2, -0.15) is 0 Å². The Bertz CT molecular complexity index is 684. The largest absolute Gasteiger partial charge is 0.454 e. The van der Waals surface area contributed by atoms with Gasteiger partial charge in [0.15, 0.2) is 11.5 Å². The van der Waals surface area contributed by atoms with Gasteiger partial charge in [0.25, 0.3) is 5.91 Å².